The van der Waals surface area contributed by atoms with Gasteiger partial charge in [0, 0.05) is 5.92 Å². The van der Waals surface area contributed by atoms with Gasteiger partial charge in [-0.15, -0.1) is 0 Å². The van der Waals surface area contributed by atoms with Crippen molar-refractivity contribution in [1.82, 2.24) is 0 Å². The molecule has 104 valence electrons. The van der Waals surface area contributed by atoms with Gasteiger partial charge in [-0.3, -0.25) is 4.79 Å². The summed E-state index contributed by atoms with van der Waals surface area (Å²) in [5, 5.41) is 10.1. The van der Waals surface area contributed by atoms with Crippen molar-refractivity contribution in [2.45, 2.75) is 31.3 Å². The van der Waals surface area contributed by atoms with E-state index < -0.39 is 6.10 Å². The van der Waals surface area contributed by atoms with Gasteiger partial charge in [0.2, 0.25) is 0 Å². The minimum Gasteiger partial charge on any atom is -0.497 e. The Kier molecular flexibility index (Phi) is 4.43. The number of rotatable bonds is 3. The van der Waals surface area contributed by atoms with Crippen LogP contribution in [0.2, 0.25) is 0 Å². The lowest BCUT2D eigenvalue weighted by molar-refractivity contribution is -0.147. The molecule has 1 aromatic rings. The molecule has 0 unspecified atom stereocenters. The molecule has 0 aliphatic heterocycles. The summed E-state index contributed by atoms with van der Waals surface area (Å²) in [6, 6.07) is 7.66. The first-order valence-electron chi connectivity index (χ1n) is 6.55. The van der Waals surface area contributed by atoms with E-state index in [1.165, 1.54) is 7.11 Å². The van der Waals surface area contributed by atoms with Crippen LogP contribution in [0.5, 0.6) is 5.75 Å². The summed E-state index contributed by atoms with van der Waals surface area (Å²) in [6.45, 7) is 0. The Morgan fingerprint density at radius 3 is 2.47 bits per heavy atom. The molecule has 4 heteroatoms. The van der Waals surface area contributed by atoms with E-state index in [9.17, 15) is 9.90 Å². The zero-order valence-corrected chi connectivity index (χ0v) is 11.3. The van der Waals surface area contributed by atoms with Crippen LogP contribution in [0.3, 0.4) is 0 Å². The van der Waals surface area contributed by atoms with Crippen LogP contribution in [-0.4, -0.2) is 31.4 Å². The molecule has 19 heavy (non-hydrogen) atoms. The van der Waals surface area contributed by atoms with E-state index in [-0.39, 0.29) is 17.8 Å². The Hall–Kier alpha value is -1.55. The van der Waals surface area contributed by atoms with Gasteiger partial charge in [0.05, 0.1) is 26.2 Å². The Morgan fingerprint density at radius 1 is 1.21 bits per heavy atom. The molecule has 0 bridgehead atoms. The zero-order chi connectivity index (χ0) is 13.8. The number of carbonyl (C=O) groups excluding carboxylic acids is 1. The third-order valence-electron chi connectivity index (χ3n) is 3.89. The zero-order valence-electron chi connectivity index (χ0n) is 11.3. The molecule has 1 fully saturated rings. The minimum absolute atomic E-state index is 0.0104. The van der Waals surface area contributed by atoms with Crippen LogP contribution >= 0.6 is 0 Å². The third kappa shape index (κ3) is 3.07. The standard InChI is InChI=1S/C15H20O4/c1-18-12-6-3-10(4-7-12)13-9-11(15(17)19-2)5-8-14(13)16/h3-4,6-7,11,13-14,16H,5,8-9H2,1-2H3/t11-,13-,14+/m0/s1. The largest absolute Gasteiger partial charge is 0.497 e. The van der Waals surface area contributed by atoms with Crippen molar-refractivity contribution < 1.29 is 19.4 Å². The van der Waals surface area contributed by atoms with Crippen LogP contribution in [0, 0.1) is 5.92 Å². The van der Waals surface area contributed by atoms with Gasteiger partial charge in [0.25, 0.3) is 0 Å². The van der Waals surface area contributed by atoms with E-state index in [1.54, 1.807) is 7.11 Å². The molecule has 0 aromatic heterocycles. The van der Waals surface area contributed by atoms with Gasteiger partial charge in [0.15, 0.2) is 0 Å². The fraction of sp³-hybridized carbons (Fsp3) is 0.533. The van der Waals surface area contributed by atoms with Crippen molar-refractivity contribution in [3.8, 4) is 5.75 Å². The predicted molar refractivity (Wildman–Crippen MR) is 71.1 cm³/mol. The number of hydrogen-bond acceptors (Lipinski definition) is 4. The topological polar surface area (TPSA) is 55.8 Å². The second-order valence-electron chi connectivity index (χ2n) is 4.98. The summed E-state index contributed by atoms with van der Waals surface area (Å²) in [5.41, 5.74) is 1.04. The van der Waals surface area contributed by atoms with Crippen molar-refractivity contribution in [3.63, 3.8) is 0 Å². The molecule has 0 saturated heterocycles. The molecular formula is C15H20O4. The van der Waals surface area contributed by atoms with E-state index >= 15 is 0 Å². The quantitative estimate of drug-likeness (QED) is 0.850. The fourth-order valence-corrected chi connectivity index (χ4v) is 2.74. The lowest BCUT2D eigenvalue weighted by atomic mass is 9.76. The number of aliphatic hydroxyl groups excluding tert-OH is 1. The first-order valence-corrected chi connectivity index (χ1v) is 6.55. The van der Waals surface area contributed by atoms with Crippen LogP contribution in [-0.2, 0) is 9.53 Å². The maximum Gasteiger partial charge on any atom is 0.308 e. The number of carbonyl (C=O) groups is 1. The van der Waals surface area contributed by atoms with Gasteiger partial charge in [-0.05, 0) is 37.0 Å². The summed E-state index contributed by atoms with van der Waals surface area (Å²) in [4.78, 5) is 11.6. The smallest absolute Gasteiger partial charge is 0.308 e. The number of aliphatic hydroxyl groups is 1. The summed E-state index contributed by atoms with van der Waals surface area (Å²) >= 11 is 0. The summed E-state index contributed by atoms with van der Waals surface area (Å²) < 4.78 is 9.93. The number of ether oxygens (including phenoxy) is 2. The van der Waals surface area contributed by atoms with Gasteiger partial charge in [-0.1, -0.05) is 12.1 Å². The summed E-state index contributed by atoms with van der Waals surface area (Å²) in [5.74, 6) is 0.494. The molecule has 1 aliphatic rings. The monoisotopic (exact) mass is 264 g/mol. The molecule has 0 amide bonds. The second kappa shape index (κ2) is 6.06. The van der Waals surface area contributed by atoms with E-state index in [0.29, 0.717) is 19.3 Å². The van der Waals surface area contributed by atoms with E-state index in [1.807, 2.05) is 24.3 Å². The lowest BCUT2D eigenvalue weighted by Crippen LogP contribution is -2.31. The van der Waals surface area contributed by atoms with Gasteiger partial charge in [-0.25, -0.2) is 0 Å². The fourth-order valence-electron chi connectivity index (χ4n) is 2.74. The number of hydrogen-bond donors (Lipinski definition) is 1. The average Bonchev–Trinajstić information content (AvgIpc) is 2.47. The normalized spacial score (nSPS) is 26.8. The molecule has 1 aliphatic carbocycles. The van der Waals surface area contributed by atoms with Gasteiger partial charge in [0.1, 0.15) is 5.75 Å². The highest BCUT2D eigenvalue weighted by molar-refractivity contribution is 5.72. The third-order valence-corrected chi connectivity index (χ3v) is 3.89. The first kappa shape index (κ1) is 13.9. The van der Waals surface area contributed by atoms with Crippen molar-refractivity contribution >= 4 is 5.97 Å². The Labute approximate surface area is 113 Å². The second-order valence-corrected chi connectivity index (χ2v) is 4.98. The van der Waals surface area contributed by atoms with Crippen LogP contribution in [0.1, 0.15) is 30.7 Å². The molecule has 4 nitrogen and oxygen atoms in total. The van der Waals surface area contributed by atoms with Crippen molar-refractivity contribution in [2.75, 3.05) is 14.2 Å². The van der Waals surface area contributed by atoms with Crippen molar-refractivity contribution in [3.05, 3.63) is 29.8 Å². The molecule has 3 atom stereocenters. The van der Waals surface area contributed by atoms with Gasteiger partial charge in [-0.2, -0.15) is 0 Å². The van der Waals surface area contributed by atoms with Crippen LogP contribution in [0.4, 0.5) is 0 Å². The lowest BCUT2D eigenvalue weighted by Gasteiger charge is -2.32. The highest BCUT2D eigenvalue weighted by Crippen LogP contribution is 2.37. The molecule has 2 rings (SSSR count). The van der Waals surface area contributed by atoms with Crippen molar-refractivity contribution in [1.29, 1.82) is 0 Å². The van der Waals surface area contributed by atoms with E-state index in [0.717, 1.165) is 11.3 Å². The maximum absolute atomic E-state index is 11.6. The minimum atomic E-state index is -0.394. The van der Waals surface area contributed by atoms with Gasteiger partial charge >= 0.3 is 5.97 Å². The van der Waals surface area contributed by atoms with Crippen molar-refractivity contribution in [2.24, 2.45) is 5.92 Å². The summed E-state index contributed by atoms with van der Waals surface area (Å²) in [6.07, 6.45) is 1.58. The van der Waals surface area contributed by atoms with E-state index in [4.69, 9.17) is 9.47 Å². The first-order chi connectivity index (χ1) is 9.15. The highest BCUT2D eigenvalue weighted by atomic mass is 16.5. The molecule has 0 heterocycles. The molecule has 0 spiro atoms. The number of esters is 1. The van der Waals surface area contributed by atoms with E-state index in [2.05, 4.69) is 0 Å². The highest BCUT2D eigenvalue weighted by Gasteiger charge is 2.34. The Balaban J connectivity index is 2.13. The number of methoxy groups -OCH3 is 2. The molecule has 1 saturated carbocycles. The van der Waals surface area contributed by atoms with Gasteiger partial charge < -0.3 is 14.6 Å². The van der Waals surface area contributed by atoms with Crippen LogP contribution in [0.15, 0.2) is 24.3 Å². The SMILES string of the molecule is COC(=O)[C@H]1CC[C@@H](O)[C@H](c2ccc(OC)cc2)C1. The van der Waals surface area contributed by atoms with Crippen LogP contribution in [0.25, 0.3) is 0 Å². The Bertz CT molecular complexity index is 426. The average molecular weight is 264 g/mol. The molecule has 0 radical (unpaired) electrons. The predicted octanol–water partition coefficient (Wildman–Crippen LogP) is 2.11. The van der Waals surface area contributed by atoms with Crippen LogP contribution < -0.4 is 4.74 Å². The molecular weight excluding hydrogens is 244 g/mol. The summed E-state index contributed by atoms with van der Waals surface area (Å²) in [7, 11) is 3.04. The molecule has 1 aromatic carbocycles. The Morgan fingerprint density at radius 2 is 1.89 bits per heavy atom. The maximum atomic E-state index is 11.6. The number of benzene rings is 1. The molecule has 1 N–H and O–H groups in total.